The lowest BCUT2D eigenvalue weighted by Crippen LogP contribution is -2.46. The predicted octanol–water partition coefficient (Wildman–Crippen LogP) is 3.27. The van der Waals surface area contributed by atoms with E-state index in [1.807, 2.05) is 19.1 Å². The van der Waals surface area contributed by atoms with Crippen LogP contribution in [-0.2, 0) is 14.3 Å². The number of carbonyl (C=O) groups excluding carboxylic acids is 2. The molecule has 0 bridgehead atoms. The van der Waals surface area contributed by atoms with Gasteiger partial charge in [0.15, 0.2) is 5.11 Å². The van der Waals surface area contributed by atoms with Crippen molar-refractivity contribution in [1.29, 1.82) is 0 Å². The lowest BCUT2D eigenvalue weighted by atomic mass is 9.95. The number of rotatable bonds is 8. The standard InChI is InChI=1S/C24H27N3O5S/c1-15-20(23(29)32-14-13-30-3)21(26-24(33)27(15)2)16-9-11-17(12-10-16)25-22(28)18-7-5-6-8-19(18)31-4/h5-12,21H,13-14H2,1-4H3,(H,25,28)(H,26,33). The van der Waals surface area contributed by atoms with E-state index in [4.69, 9.17) is 26.4 Å². The molecule has 9 heteroatoms. The highest BCUT2D eigenvalue weighted by Gasteiger charge is 2.33. The van der Waals surface area contributed by atoms with Crippen molar-refractivity contribution in [1.82, 2.24) is 10.2 Å². The van der Waals surface area contributed by atoms with Crippen LogP contribution in [0.15, 0.2) is 59.8 Å². The number of benzene rings is 2. The van der Waals surface area contributed by atoms with Gasteiger partial charge in [-0.25, -0.2) is 4.79 Å². The summed E-state index contributed by atoms with van der Waals surface area (Å²) >= 11 is 5.43. The number of esters is 1. The molecule has 1 aliphatic rings. The molecule has 8 nitrogen and oxygen atoms in total. The van der Waals surface area contributed by atoms with Gasteiger partial charge >= 0.3 is 5.97 Å². The Bertz CT molecular complexity index is 1070. The molecule has 174 valence electrons. The molecule has 0 fully saturated rings. The SMILES string of the molecule is COCCOC(=O)C1=C(C)N(C)C(=S)NC1c1ccc(NC(=O)c2ccccc2OC)cc1. The number of thiocarbonyl (C=S) groups is 1. The van der Waals surface area contributed by atoms with Crippen molar-refractivity contribution in [2.75, 3.05) is 39.8 Å². The van der Waals surface area contributed by atoms with Crippen LogP contribution in [0.5, 0.6) is 5.75 Å². The van der Waals surface area contributed by atoms with E-state index in [2.05, 4.69) is 10.6 Å². The highest BCUT2D eigenvalue weighted by atomic mass is 32.1. The van der Waals surface area contributed by atoms with E-state index < -0.39 is 12.0 Å². The third-order valence-corrected chi connectivity index (χ3v) is 5.74. The fourth-order valence-corrected chi connectivity index (χ4v) is 3.69. The Hall–Kier alpha value is -3.43. The molecule has 33 heavy (non-hydrogen) atoms. The lowest BCUT2D eigenvalue weighted by Gasteiger charge is -2.35. The summed E-state index contributed by atoms with van der Waals surface area (Å²) < 4.78 is 15.6. The average molecular weight is 470 g/mol. The first-order chi connectivity index (χ1) is 15.9. The van der Waals surface area contributed by atoms with Crippen LogP contribution >= 0.6 is 12.2 Å². The number of nitrogens with zero attached hydrogens (tertiary/aromatic N) is 1. The van der Waals surface area contributed by atoms with Gasteiger partial charge in [-0.1, -0.05) is 24.3 Å². The molecule has 1 amide bonds. The number of hydrogen-bond acceptors (Lipinski definition) is 6. The fraction of sp³-hybridized carbons (Fsp3) is 0.292. The maximum absolute atomic E-state index is 12.8. The maximum Gasteiger partial charge on any atom is 0.338 e. The van der Waals surface area contributed by atoms with Crippen LogP contribution in [0, 0.1) is 0 Å². The second kappa shape index (κ2) is 10.9. The summed E-state index contributed by atoms with van der Waals surface area (Å²) in [5.41, 5.74) is 3.02. The molecule has 1 aliphatic heterocycles. The van der Waals surface area contributed by atoms with Gasteiger partial charge in [0.1, 0.15) is 12.4 Å². The van der Waals surface area contributed by atoms with E-state index in [-0.39, 0.29) is 12.5 Å². The molecule has 2 aromatic carbocycles. The summed E-state index contributed by atoms with van der Waals surface area (Å²) in [5.74, 6) is -0.227. The van der Waals surface area contributed by atoms with Crippen molar-refractivity contribution in [3.05, 3.63) is 70.9 Å². The molecule has 0 spiro atoms. The van der Waals surface area contributed by atoms with E-state index in [1.54, 1.807) is 55.5 Å². The zero-order valence-corrected chi connectivity index (χ0v) is 19.8. The molecule has 1 unspecified atom stereocenters. The van der Waals surface area contributed by atoms with Gasteiger partial charge in [0, 0.05) is 25.5 Å². The smallest absolute Gasteiger partial charge is 0.338 e. The van der Waals surface area contributed by atoms with Gasteiger partial charge in [0.25, 0.3) is 5.91 Å². The Kier molecular flexibility index (Phi) is 8.02. The first-order valence-corrected chi connectivity index (χ1v) is 10.7. The molecule has 2 N–H and O–H groups in total. The van der Waals surface area contributed by atoms with Crippen LogP contribution in [0.4, 0.5) is 5.69 Å². The van der Waals surface area contributed by atoms with Gasteiger partial charge in [0.2, 0.25) is 0 Å². The molecular weight excluding hydrogens is 442 g/mol. The summed E-state index contributed by atoms with van der Waals surface area (Å²) in [4.78, 5) is 27.2. The Labute approximate surface area is 198 Å². The normalized spacial score (nSPS) is 15.7. The number of hydrogen-bond donors (Lipinski definition) is 2. The molecule has 3 rings (SSSR count). The minimum absolute atomic E-state index is 0.154. The molecular formula is C24H27N3O5S. The van der Waals surface area contributed by atoms with Crippen LogP contribution in [0.25, 0.3) is 0 Å². The Morgan fingerprint density at radius 3 is 2.45 bits per heavy atom. The number of para-hydroxylation sites is 1. The second-order valence-corrected chi connectivity index (χ2v) is 7.73. The Morgan fingerprint density at radius 2 is 1.79 bits per heavy atom. The van der Waals surface area contributed by atoms with Gasteiger partial charge in [-0.2, -0.15) is 0 Å². The van der Waals surface area contributed by atoms with E-state index in [0.717, 1.165) is 5.56 Å². The van der Waals surface area contributed by atoms with Crippen molar-refractivity contribution in [2.45, 2.75) is 13.0 Å². The zero-order valence-electron chi connectivity index (χ0n) is 19.0. The zero-order chi connectivity index (χ0) is 24.0. The summed E-state index contributed by atoms with van der Waals surface area (Å²) in [6.45, 7) is 2.29. The van der Waals surface area contributed by atoms with E-state index in [1.165, 1.54) is 7.11 Å². The third kappa shape index (κ3) is 5.50. The van der Waals surface area contributed by atoms with Crippen LogP contribution < -0.4 is 15.4 Å². The predicted molar refractivity (Wildman–Crippen MR) is 129 cm³/mol. The molecule has 0 saturated carbocycles. The number of amides is 1. The quantitative estimate of drug-likeness (QED) is 0.346. The fourth-order valence-electron chi connectivity index (χ4n) is 3.43. The Balaban J connectivity index is 1.82. The maximum atomic E-state index is 12.8. The molecule has 0 aliphatic carbocycles. The molecule has 1 heterocycles. The number of allylic oxidation sites excluding steroid dienone is 1. The molecule has 2 aromatic rings. The van der Waals surface area contributed by atoms with Gasteiger partial charge < -0.3 is 29.7 Å². The van der Waals surface area contributed by atoms with Gasteiger partial charge in [0.05, 0.1) is 30.9 Å². The van der Waals surface area contributed by atoms with Crippen molar-refractivity contribution in [3.8, 4) is 5.75 Å². The summed E-state index contributed by atoms with van der Waals surface area (Å²) in [5, 5.41) is 6.56. The summed E-state index contributed by atoms with van der Waals surface area (Å²) in [6.07, 6.45) is 0. The highest BCUT2D eigenvalue weighted by Crippen LogP contribution is 2.31. The number of anilines is 1. The number of methoxy groups -OCH3 is 2. The Morgan fingerprint density at radius 1 is 1.09 bits per heavy atom. The molecule has 1 atom stereocenters. The van der Waals surface area contributed by atoms with Gasteiger partial charge in [-0.05, 0) is 49.0 Å². The highest BCUT2D eigenvalue weighted by molar-refractivity contribution is 7.80. The number of carbonyl (C=O) groups is 2. The minimum Gasteiger partial charge on any atom is -0.496 e. The lowest BCUT2D eigenvalue weighted by molar-refractivity contribution is -0.140. The monoisotopic (exact) mass is 469 g/mol. The van der Waals surface area contributed by atoms with E-state index >= 15 is 0 Å². The van der Waals surface area contributed by atoms with E-state index in [0.29, 0.717) is 40.0 Å². The van der Waals surface area contributed by atoms with E-state index in [9.17, 15) is 9.59 Å². The molecule has 0 aromatic heterocycles. The van der Waals surface area contributed by atoms with Crippen molar-refractivity contribution < 1.29 is 23.8 Å². The van der Waals surface area contributed by atoms with Gasteiger partial charge in [-0.3, -0.25) is 4.79 Å². The van der Waals surface area contributed by atoms with Crippen LogP contribution in [0.2, 0.25) is 0 Å². The van der Waals surface area contributed by atoms with Crippen molar-refractivity contribution in [3.63, 3.8) is 0 Å². The van der Waals surface area contributed by atoms with Crippen LogP contribution in [0.1, 0.15) is 28.9 Å². The molecule has 0 radical (unpaired) electrons. The first-order valence-electron chi connectivity index (χ1n) is 10.3. The average Bonchev–Trinajstić information content (AvgIpc) is 2.82. The van der Waals surface area contributed by atoms with Gasteiger partial charge in [-0.15, -0.1) is 0 Å². The second-order valence-electron chi connectivity index (χ2n) is 7.35. The third-order valence-electron chi connectivity index (χ3n) is 5.35. The summed E-state index contributed by atoms with van der Waals surface area (Å²) in [6, 6.07) is 13.7. The number of ether oxygens (including phenoxy) is 3. The van der Waals surface area contributed by atoms with Crippen LogP contribution in [-0.4, -0.2) is 56.4 Å². The minimum atomic E-state index is -0.484. The first kappa shape index (κ1) is 24.2. The number of nitrogens with one attached hydrogen (secondary N) is 2. The van der Waals surface area contributed by atoms with Crippen molar-refractivity contribution >= 4 is 34.9 Å². The largest absolute Gasteiger partial charge is 0.496 e. The molecule has 0 saturated heterocycles. The van der Waals surface area contributed by atoms with Crippen molar-refractivity contribution in [2.24, 2.45) is 0 Å². The topological polar surface area (TPSA) is 89.1 Å². The summed E-state index contributed by atoms with van der Waals surface area (Å²) in [7, 11) is 4.86. The van der Waals surface area contributed by atoms with Crippen LogP contribution in [0.3, 0.4) is 0 Å².